The first kappa shape index (κ1) is 18.4. The van der Waals surface area contributed by atoms with Crippen molar-refractivity contribution in [2.75, 3.05) is 16.8 Å². The van der Waals surface area contributed by atoms with Crippen molar-refractivity contribution in [2.24, 2.45) is 0 Å². The van der Waals surface area contributed by atoms with E-state index in [-0.39, 0.29) is 17.3 Å². The van der Waals surface area contributed by atoms with Gasteiger partial charge in [-0.2, -0.15) is 5.26 Å². The van der Waals surface area contributed by atoms with Gasteiger partial charge in [0.05, 0.1) is 11.6 Å². The van der Waals surface area contributed by atoms with Gasteiger partial charge in [-0.1, -0.05) is 30.3 Å². The van der Waals surface area contributed by atoms with Crippen LogP contribution in [0, 0.1) is 11.3 Å². The summed E-state index contributed by atoms with van der Waals surface area (Å²) in [5.74, 6) is -0.660. The quantitative estimate of drug-likeness (QED) is 0.746. The number of aromatic nitrogens is 1. The van der Waals surface area contributed by atoms with Crippen LogP contribution in [0.4, 0.5) is 11.4 Å². The Balaban J connectivity index is 1.57. The summed E-state index contributed by atoms with van der Waals surface area (Å²) in [7, 11) is 0. The molecule has 1 aliphatic heterocycles. The summed E-state index contributed by atoms with van der Waals surface area (Å²) >= 11 is 0. The van der Waals surface area contributed by atoms with Crippen molar-refractivity contribution in [2.45, 2.75) is 12.8 Å². The number of para-hydroxylation sites is 1. The van der Waals surface area contributed by atoms with Crippen LogP contribution in [0.15, 0.2) is 66.7 Å². The molecule has 0 radical (unpaired) electrons. The summed E-state index contributed by atoms with van der Waals surface area (Å²) in [5.41, 5.74) is 3.34. The van der Waals surface area contributed by atoms with E-state index in [1.165, 1.54) is 0 Å². The average Bonchev–Trinajstić information content (AvgIpc) is 2.78. The molecule has 0 fully saturated rings. The second kappa shape index (κ2) is 7.95. The second-order valence-electron chi connectivity index (χ2n) is 6.74. The largest absolute Gasteiger partial charge is 0.321 e. The number of benzene rings is 2. The standard InChI is InChI=1S/C23H18N4O2/c24-15-16-6-3-9-18(14-16)25-22(28)19-10-4-11-20(26-19)23(29)27-13-5-8-17-7-1-2-12-21(17)27/h1-4,6-7,9-12,14H,5,8,13H2,(H,25,28). The minimum Gasteiger partial charge on any atom is -0.321 e. The number of amides is 2. The fourth-order valence-electron chi connectivity index (χ4n) is 3.42. The van der Waals surface area contributed by atoms with E-state index in [2.05, 4.69) is 10.3 Å². The maximum absolute atomic E-state index is 13.1. The molecule has 1 aliphatic rings. The highest BCUT2D eigenvalue weighted by atomic mass is 16.2. The summed E-state index contributed by atoms with van der Waals surface area (Å²) < 4.78 is 0. The van der Waals surface area contributed by atoms with Gasteiger partial charge in [0, 0.05) is 17.9 Å². The van der Waals surface area contributed by atoms with Gasteiger partial charge in [0.25, 0.3) is 11.8 Å². The molecule has 2 heterocycles. The lowest BCUT2D eigenvalue weighted by molar-refractivity contribution is 0.0980. The molecule has 3 aromatic rings. The maximum Gasteiger partial charge on any atom is 0.276 e. The van der Waals surface area contributed by atoms with Gasteiger partial charge in [-0.15, -0.1) is 0 Å². The minimum atomic E-state index is -0.436. The molecule has 6 heteroatoms. The highest BCUT2D eigenvalue weighted by molar-refractivity contribution is 6.07. The average molecular weight is 382 g/mol. The third kappa shape index (κ3) is 3.85. The molecule has 0 atom stereocenters. The van der Waals surface area contributed by atoms with E-state index in [4.69, 9.17) is 5.26 Å². The van der Waals surface area contributed by atoms with E-state index in [1.807, 2.05) is 30.3 Å². The molecule has 0 aliphatic carbocycles. The smallest absolute Gasteiger partial charge is 0.276 e. The van der Waals surface area contributed by atoms with Crippen LogP contribution in [-0.2, 0) is 6.42 Å². The molecule has 2 aromatic carbocycles. The number of nitrogens with one attached hydrogen (secondary N) is 1. The number of anilines is 2. The Labute approximate surface area is 168 Å². The van der Waals surface area contributed by atoms with E-state index in [0.717, 1.165) is 24.1 Å². The number of pyridine rings is 1. The van der Waals surface area contributed by atoms with Crippen molar-refractivity contribution in [3.8, 4) is 6.07 Å². The Kier molecular flexibility index (Phi) is 5.04. The summed E-state index contributed by atoms with van der Waals surface area (Å²) in [4.78, 5) is 31.7. The molecule has 1 aromatic heterocycles. The lowest BCUT2D eigenvalue weighted by Crippen LogP contribution is -2.36. The van der Waals surface area contributed by atoms with Gasteiger partial charge in [-0.3, -0.25) is 9.59 Å². The monoisotopic (exact) mass is 382 g/mol. The van der Waals surface area contributed by atoms with Gasteiger partial charge in [0.15, 0.2) is 0 Å². The molecule has 0 saturated heterocycles. The molecular formula is C23H18N4O2. The molecule has 142 valence electrons. The fourth-order valence-corrected chi connectivity index (χ4v) is 3.42. The predicted molar refractivity (Wildman–Crippen MR) is 110 cm³/mol. The van der Waals surface area contributed by atoms with Crippen LogP contribution in [0.5, 0.6) is 0 Å². The Bertz CT molecular complexity index is 1130. The molecule has 0 bridgehead atoms. The third-order valence-electron chi connectivity index (χ3n) is 4.81. The number of carbonyl (C=O) groups excluding carboxylic acids is 2. The topological polar surface area (TPSA) is 86.1 Å². The van der Waals surface area contributed by atoms with E-state index in [9.17, 15) is 9.59 Å². The first-order valence-corrected chi connectivity index (χ1v) is 9.34. The molecule has 0 unspecified atom stereocenters. The van der Waals surface area contributed by atoms with Crippen molar-refractivity contribution in [1.82, 2.24) is 4.98 Å². The van der Waals surface area contributed by atoms with Crippen LogP contribution >= 0.6 is 0 Å². The Morgan fingerprint density at radius 3 is 2.66 bits per heavy atom. The summed E-state index contributed by atoms with van der Waals surface area (Å²) in [6.45, 7) is 0.620. The maximum atomic E-state index is 13.1. The van der Waals surface area contributed by atoms with Crippen molar-refractivity contribution >= 4 is 23.2 Å². The zero-order valence-corrected chi connectivity index (χ0v) is 15.6. The van der Waals surface area contributed by atoms with Crippen molar-refractivity contribution in [3.05, 3.63) is 89.2 Å². The Morgan fingerprint density at radius 2 is 1.79 bits per heavy atom. The molecule has 6 nitrogen and oxygen atoms in total. The molecule has 0 spiro atoms. The number of rotatable bonds is 3. The van der Waals surface area contributed by atoms with Crippen LogP contribution in [-0.4, -0.2) is 23.3 Å². The SMILES string of the molecule is N#Cc1cccc(NC(=O)c2cccc(C(=O)N3CCCc4ccccc43)n2)c1. The van der Waals surface area contributed by atoms with E-state index in [1.54, 1.807) is 47.4 Å². The van der Waals surface area contributed by atoms with Crippen molar-refractivity contribution in [1.29, 1.82) is 5.26 Å². The number of hydrogen-bond donors (Lipinski definition) is 1. The number of nitriles is 1. The number of hydrogen-bond acceptors (Lipinski definition) is 4. The zero-order valence-electron chi connectivity index (χ0n) is 15.6. The van der Waals surface area contributed by atoms with Gasteiger partial charge < -0.3 is 10.2 Å². The first-order valence-electron chi connectivity index (χ1n) is 9.34. The van der Waals surface area contributed by atoms with E-state index >= 15 is 0 Å². The Hall–Kier alpha value is -3.98. The van der Waals surface area contributed by atoms with Crippen molar-refractivity contribution in [3.63, 3.8) is 0 Å². The van der Waals surface area contributed by atoms with Gasteiger partial charge >= 0.3 is 0 Å². The highest BCUT2D eigenvalue weighted by Gasteiger charge is 2.24. The van der Waals surface area contributed by atoms with Crippen LogP contribution in [0.1, 0.15) is 38.5 Å². The van der Waals surface area contributed by atoms with Crippen molar-refractivity contribution < 1.29 is 9.59 Å². The number of carbonyl (C=O) groups is 2. The van der Waals surface area contributed by atoms with Crippen LogP contribution in [0.2, 0.25) is 0 Å². The number of fused-ring (bicyclic) bond motifs is 1. The van der Waals surface area contributed by atoms with E-state index < -0.39 is 5.91 Å². The lowest BCUT2D eigenvalue weighted by Gasteiger charge is -2.29. The van der Waals surface area contributed by atoms with Gasteiger partial charge in [-0.25, -0.2) is 4.98 Å². The lowest BCUT2D eigenvalue weighted by atomic mass is 10.0. The summed E-state index contributed by atoms with van der Waals surface area (Å²) in [6, 6.07) is 21.3. The number of nitrogens with zero attached hydrogens (tertiary/aromatic N) is 3. The highest BCUT2D eigenvalue weighted by Crippen LogP contribution is 2.27. The van der Waals surface area contributed by atoms with Crippen LogP contribution < -0.4 is 10.2 Å². The summed E-state index contributed by atoms with van der Waals surface area (Å²) in [5, 5.41) is 11.7. The zero-order chi connectivity index (χ0) is 20.2. The summed E-state index contributed by atoms with van der Waals surface area (Å²) in [6.07, 6.45) is 1.83. The normalized spacial score (nSPS) is 12.6. The fraction of sp³-hybridized carbons (Fsp3) is 0.130. The molecule has 29 heavy (non-hydrogen) atoms. The molecule has 2 amide bonds. The van der Waals surface area contributed by atoms with Gasteiger partial charge in [0.2, 0.25) is 0 Å². The van der Waals surface area contributed by atoms with Crippen LogP contribution in [0.25, 0.3) is 0 Å². The minimum absolute atomic E-state index is 0.142. The Morgan fingerprint density at radius 1 is 1.00 bits per heavy atom. The molecular weight excluding hydrogens is 364 g/mol. The molecule has 1 N–H and O–H groups in total. The number of aryl methyl sites for hydroxylation is 1. The van der Waals surface area contributed by atoms with Gasteiger partial charge in [0.1, 0.15) is 11.4 Å². The molecule has 0 saturated carbocycles. The van der Waals surface area contributed by atoms with Crippen LogP contribution in [0.3, 0.4) is 0 Å². The van der Waals surface area contributed by atoms with E-state index in [0.29, 0.717) is 17.8 Å². The second-order valence-corrected chi connectivity index (χ2v) is 6.74. The molecule has 4 rings (SSSR count). The third-order valence-corrected chi connectivity index (χ3v) is 4.81. The first-order chi connectivity index (χ1) is 14.2. The van der Waals surface area contributed by atoms with Gasteiger partial charge in [-0.05, 0) is 54.8 Å². The predicted octanol–water partition coefficient (Wildman–Crippen LogP) is 3.80.